The number of amides is 2. The molecule has 0 aliphatic heterocycles. The summed E-state index contributed by atoms with van der Waals surface area (Å²) in [5.41, 5.74) is 3.38. The molecule has 0 bridgehead atoms. The van der Waals surface area contributed by atoms with E-state index in [4.69, 9.17) is 4.74 Å². The summed E-state index contributed by atoms with van der Waals surface area (Å²) in [4.78, 5) is 38.1. The van der Waals surface area contributed by atoms with E-state index >= 15 is 0 Å². The zero-order chi connectivity index (χ0) is 23.9. The maximum atomic E-state index is 12.8. The lowest BCUT2D eigenvalue weighted by atomic mass is 9.75. The van der Waals surface area contributed by atoms with Gasteiger partial charge in [0, 0.05) is 19.0 Å². The van der Waals surface area contributed by atoms with E-state index in [9.17, 15) is 19.5 Å². The molecule has 2 aromatic carbocycles. The van der Waals surface area contributed by atoms with Crippen molar-refractivity contribution >= 4 is 23.8 Å². The molecular formula is C25H24N4O5. The maximum Gasteiger partial charge on any atom is 0.412 e. The number of rotatable bonds is 6. The second kappa shape index (κ2) is 8.33. The number of hydrogen-bond donors (Lipinski definition) is 3. The first-order valence-corrected chi connectivity index (χ1v) is 11.1. The Balaban J connectivity index is 1.23. The second-order valence-electron chi connectivity index (χ2n) is 8.67. The lowest BCUT2D eigenvalue weighted by Gasteiger charge is -2.44. The molecule has 0 spiro atoms. The minimum absolute atomic E-state index is 0.0715. The third-order valence-electron chi connectivity index (χ3n) is 6.91. The number of carboxylic acids is 1. The number of nitrogens with zero attached hydrogens (tertiary/aromatic N) is 2. The van der Waals surface area contributed by atoms with Crippen LogP contribution in [0.15, 0.2) is 54.6 Å². The number of aliphatic carboxylic acids is 1. The minimum atomic E-state index is -1.19. The van der Waals surface area contributed by atoms with Crippen LogP contribution in [0.25, 0.3) is 11.1 Å². The van der Waals surface area contributed by atoms with Gasteiger partial charge in [-0.05, 0) is 41.5 Å². The van der Waals surface area contributed by atoms with E-state index in [0.717, 1.165) is 28.7 Å². The fourth-order valence-electron chi connectivity index (χ4n) is 4.81. The SMILES string of the molecule is CN(C(=O)c1cc(NC(=O)OCC2c3ccccc3-c3ccccc32)n[nH]1)C1(C(=O)O)CCC1. The van der Waals surface area contributed by atoms with Gasteiger partial charge in [-0.3, -0.25) is 15.2 Å². The summed E-state index contributed by atoms with van der Waals surface area (Å²) in [6, 6.07) is 17.5. The molecule has 3 aromatic rings. The number of fused-ring (bicyclic) bond motifs is 3. The van der Waals surface area contributed by atoms with Gasteiger partial charge in [-0.2, -0.15) is 5.10 Å². The van der Waals surface area contributed by atoms with Crippen molar-refractivity contribution in [1.29, 1.82) is 0 Å². The molecule has 1 aromatic heterocycles. The third-order valence-corrected chi connectivity index (χ3v) is 6.91. The van der Waals surface area contributed by atoms with Crippen LogP contribution in [0.5, 0.6) is 0 Å². The summed E-state index contributed by atoms with van der Waals surface area (Å²) in [5.74, 6) is -1.48. The number of likely N-dealkylation sites (N-methyl/N-ethyl adjacent to an activating group) is 1. The van der Waals surface area contributed by atoms with E-state index in [0.29, 0.717) is 12.8 Å². The van der Waals surface area contributed by atoms with Crippen molar-refractivity contribution in [3.63, 3.8) is 0 Å². The molecule has 0 saturated heterocycles. The van der Waals surface area contributed by atoms with Crippen molar-refractivity contribution in [2.24, 2.45) is 0 Å². The number of carbonyl (C=O) groups is 3. The van der Waals surface area contributed by atoms with Crippen LogP contribution in [0, 0.1) is 0 Å². The van der Waals surface area contributed by atoms with Crippen LogP contribution in [0.2, 0.25) is 0 Å². The maximum absolute atomic E-state index is 12.8. The van der Waals surface area contributed by atoms with Gasteiger partial charge in [-0.15, -0.1) is 0 Å². The quantitative estimate of drug-likeness (QED) is 0.513. The van der Waals surface area contributed by atoms with E-state index in [1.807, 2.05) is 36.4 Å². The van der Waals surface area contributed by atoms with Crippen molar-refractivity contribution in [3.8, 4) is 11.1 Å². The summed E-state index contributed by atoms with van der Waals surface area (Å²) >= 11 is 0. The van der Waals surface area contributed by atoms with Crippen LogP contribution < -0.4 is 5.32 Å². The predicted octanol–water partition coefficient (Wildman–Crippen LogP) is 3.85. The predicted molar refractivity (Wildman–Crippen MR) is 124 cm³/mol. The number of aromatic nitrogens is 2. The van der Waals surface area contributed by atoms with Gasteiger partial charge in [0.25, 0.3) is 5.91 Å². The van der Waals surface area contributed by atoms with Gasteiger partial charge in [-0.1, -0.05) is 48.5 Å². The van der Waals surface area contributed by atoms with Crippen LogP contribution >= 0.6 is 0 Å². The Labute approximate surface area is 195 Å². The molecule has 2 amide bonds. The van der Waals surface area contributed by atoms with Gasteiger partial charge in [-0.25, -0.2) is 9.59 Å². The molecule has 0 unspecified atom stereocenters. The zero-order valence-electron chi connectivity index (χ0n) is 18.6. The van der Waals surface area contributed by atoms with E-state index < -0.39 is 23.5 Å². The molecular weight excluding hydrogens is 436 g/mol. The number of benzene rings is 2. The van der Waals surface area contributed by atoms with Crippen LogP contribution in [0.3, 0.4) is 0 Å². The molecule has 2 aliphatic rings. The standard InChI is InChI=1S/C25H24N4O5/c1-29(25(23(31)32)11-6-12-25)22(30)20-13-21(28-27-20)26-24(33)34-14-19-17-9-4-2-7-15(17)16-8-3-5-10-18(16)19/h2-5,7-10,13,19H,6,11-12,14H2,1H3,(H,31,32)(H2,26,27,28,33). The number of H-pyrrole nitrogens is 1. The minimum Gasteiger partial charge on any atom is -0.479 e. The third kappa shape index (κ3) is 3.49. The highest BCUT2D eigenvalue weighted by atomic mass is 16.5. The fraction of sp³-hybridized carbons (Fsp3) is 0.280. The van der Waals surface area contributed by atoms with Gasteiger partial charge in [0.15, 0.2) is 5.82 Å². The molecule has 9 nitrogen and oxygen atoms in total. The van der Waals surface area contributed by atoms with Crippen molar-refractivity contribution in [3.05, 3.63) is 71.4 Å². The van der Waals surface area contributed by atoms with Crippen molar-refractivity contribution in [2.45, 2.75) is 30.7 Å². The molecule has 2 aliphatic carbocycles. The molecule has 34 heavy (non-hydrogen) atoms. The number of hydrogen-bond acceptors (Lipinski definition) is 5. The van der Waals surface area contributed by atoms with Crippen LogP contribution in [-0.4, -0.2) is 57.4 Å². The average Bonchev–Trinajstić information content (AvgIpc) is 3.39. The first kappa shape index (κ1) is 21.7. The highest BCUT2D eigenvalue weighted by molar-refractivity contribution is 5.97. The number of nitrogens with one attached hydrogen (secondary N) is 2. The van der Waals surface area contributed by atoms with E-state index in [2.05, 4.69) is 27.6 Å². The molecule has 1 saturated carbocycles. The molecule has 0 radical (unpaired) electrons. The lowest BCUT2D eigenvalue weighted by molar-refractivity contribution is -0.154. The fourth-order valence-corrected chi connectivity index (χ4v) is 4.81. The second-order valence-corrected chi connectivity index (χ2v) is 8.67. The summed E-state index contributed by atoms with van der Waals surface area (Å²) < 4.78 is 5.50. The summed E-state index contributed by atoms with van der Waals surface area (Å²) in [5, 5.41) is 18.6. The Morgan fingerprint density at radius 2 is 1.74 bits per heavy atom. The Hall–Kier alpha value is -4.14. The first-order chi connectivity index (χ1) is 16.4. The number of aromatic amines is 1. The number of anilines is 1. The molecule has 1 fully saturated rings. The Morgan fingerprint density at radius 3 is 2.29 bits per heavy atom. The largest absolute Gasteiger partial charge is 0.479 e. The number of carbonyl (C=O) groups excluding carboxylic acids is 2. The monoisotopic (exact) mass is 460 g/mol. The molecule has 5 rings (SSSR count). The highest BCUT2D eigenvalue weighted by Gasteiger charge is 2.50. The molecule has 3 N–H and O–H groups in total. The molecule has 1 heterocycles. The van der Waals surface area contributed by atoms with Crippen LogP contribution in [-0.2, 0) is 9.53 Å². The van der Waals surface area contributed by atoms with Crippen LogP contribution in [0.1, 0.15) is 46.8 Å². The van der Waals surface area contributed by atoms with Crippen molar-refractivity contribution in [2.75, 3.05) is 19.0 Å². The molecule has 9 heteroatoms. The van der Waals surface area contributed by atoms with Gasteiger partial charge in [0.2, 0.25) is 0 Å². The van der Waals surface area contributed by atoms with Gasteiger partial charge in [0.1, 0.15) is 17.8 Å². The average molecular weight is 460 g/mol. The first-order valence-electron chi connectivity index (χ1n) is 11.1. The lowest BCUT2D eigenvalue weighted by Crippen LogP contribution is -2.59. The molecule has 0 atom stereocenters. The summed E-state index contributed by atoms with van der Waals surface area (Å²) in [6.07, 6.45) is 0.871. The Bertz CT molecular complexity index is 1230. The van der Waals surface area contributed by atoms with E-state index in [1.165, 1.54) is 18.0 Å². The smallest absolute Gasteiger partial charge is 0.412 e. The summed E-state index contributed by atoms with van der Waals surface area (Å²) in [7, 11) is 1.47. The normalized spacial score (nSPS) is 15.6. The van der Waals surface area contributed by atoms with Crippen molar-refractivity contribution < 1.29 is 24.2 Å². The number of carboxylic acid groups (broad SMARTS) is 1. The molecule has 174 valence electrons. The Kier molecular flexibility index (Phi) is 5.31. The van der Waals surface area contributed by atoms with Gasteiger partial charge in [0.05, 0.1) is 0 Å². The van der Waals surface area contributed by atoms with E-state index in [-0.39, 0.29) is 24.0 Å². The number of ether oxygens (including phenoxy) is 1. The summed E-state index contributed by atoms with van der Waals surface area (Å²) in [6.45, 7) is 0.153. The van der Waals surface area contributed by atoms with Crippen molar-refractivity contribution in [1.82, 2.24) is 15.1 Å². The topological polar surface area (TPSA) is 125 Å². The van der Waals surface area contributed by atoms with Crippen LogP contribution in [0.4, 0.5) is 10.6 Å². The van der Waals surface area contributed by atoms with E-state index in [1.54, 1.807) is 0 Å². The van der Waals surface area contributed by atoms with Gasteiger partial charge >= 0.3 is 12.1 Å². The Morgan fingerprint density at radius 1 is 1.12 bits per heavy atom. The van der Waals surface area contributed by atoms with Gasteiger partial charge < -0.3 is 14.7 Å². The zero-order valence-corrected chi connectivity index (χ0v) is 18.6. The highest BCUT2D eigenvalue weighted by Crippen LogP contribution is 2.44.